The smallest absolute Gasteiger partial charge is 0.305 e. The Labute approximate surface area is 55.3 Å². The molecule has 2 N–H and O–H groups in total. The second-order valence-corrected chi connectivity index (χ2v) is 1.45. The number of hydrogen-bond donors (Lipinski definition) is 2. The van der Waals surface area contributed by atoms with Gasteiger partial charge < -0.3 is 10.2 Å². The molecule has 0 saturated heterocycles. The third-order valence-corrected chi connectivity index (χ3v) is 0.470. The number of aliphatic hydroxyl groups excluding tert-OH is 1. The number of aliphatic hydroxyl groups is 1. The van der Waals surface area contributed by atoms with E-state index in [0.29, 0.717) is 0 Å². The van der Waals surface area contributed by atoms with Crippen LogP contribution in [0.5, 0.6) is 0 Å². The maximum Gasteiger partial charge on any atom is 0.305 e. The quantitative estimate of drug-likeness (QED) is 0.589. The second-order valence-electron chi connectivity index (χ2n) is 1.45. The van der Waals surface area contributed by atoms with E-state index < -0.39 is 12.1 Å². The summed E-state index contributed by atoms with van der Waals surface area (Å²) in [6.45, 7) is 5.44. The zero-order valence-electron chi connectivity index (χ0n) is 6.09. The van der Waals surface area contributed by atoms with Gasteiger partial charge in [-0.1, -0.05) is 13.8 Å². The van der Waals surface area contributed by atoms with Crippen molar-refractivity contribution in [2.75, 3.05) is 0 Å². The van der Waals surface area contributed by atoms with E-state index in [9.17, 15) is 4.79 Å². The Kier molecular flexibility index (Phi) is 9.29. The summed E-state index contributed by atoms with van der Waals surface area (Å²) in [5.74, 6) is -0.963. The second kappa shape index (κ2) is 7.43. The van der Waals surface area contributed by atoms with E-state index in [1.165, 1.54) is 6.92 Å². The molecule has 3 nitrogen and oxygen atoms in total. The molecule has 0 aliphatic carbocycles. The summed E-state index contributed by atoms with van der Waals surface area (Å²) < 4.78 is 0. The molecular weight excluding hydrogens is 120 g/mol. The Bertz CT molecular complexity index is 68.7. The number of aliphatic carboxylic acids is 1. The summed E-state index contributed by atoms with van der Waals surface area (Å²) in [7, 11) is 0. The van der Waals surface area contributed by atoms with Crippen molar-refractivity contribution in [3.8, 4) is 0 Å². The highest BCUT2D eigenvalue weighted by Gasteiger charge is 2.00. The van der Waals surface area contributed by atoms with Crippen molar-refractivity contribution in [3.05, 3.63) is 0 Å². The topological polar surface area (TPSA) is 57.5 Å². The lowest BCUT2D eigenvalue weighted by molar-refractivity contribution is -0.138. The van der Waals surface area contributed by atoms with Crippen LogP contribution in [0.1, 0.15) is 27.2 Å². The minimum absolute atomic E-state index is 0.167. The Balaban J connectivity index is 0. The molecule has 0 amide bonds. The largest absolute Gasteiger partial charge is 0.481 e. The van der Waals surface area contributed by atoms with Gasteiger partial charge >= 0.3 is 5.97 Å². The van der Waals surface area contributed by atoms with Crippen molar-refractivity contribution < 1.29 is 15.0 Å². The molecule has 9 heavy (non-hydrogen) atoms. The van der Waals surface area contributed by atoms with E-state index in [4.69, 9.17) is 10.2 Å². The Morgan fingerprint density at radius 2 is 1.89 bits per heavy atom. The van der Waals surface area contributed by atoms with Gasteiger partial charge in [0.25, 0.3) is 0 Å². The van der Waals surface area contributed by atoms with Gasteiger partial charge in [0.2, 0.25) is 0 Å². The first-order valence-electron chi connectivity index (χ1n) is 3.03. The highest BCUT2D eigenvalue weighted by molar-refractivity contribution is 5.67. The molecule has 1 unspecified atom stereocenters. The summed E-state index contributed by atoms with van der Waals surface area (Å²) >= 11 is 0. The van der Waals surface area contributed by atoms with Gasteiger partial charge in [-0.25, -0.2) is 0 Å². The predicted octanol–water partition coefficient (Wildman–Crippen LogP) is 0.868. The van der Waals surface area contributed by atoms with E-state index >= 15 is 0 Å². The van der Waals surface area contributed by atoms with Crippen LogP contribution < -0.4 is 0 Å². The van der Waals surface area contributed by atoms with Crippen LogP contribution in [-0.4, -0.2) is 22.3 Å². The number of hydrogen-bond acceptors (Lipinski definition) is 2. The van der Waals surface area contributed by atoms with Crippen LogP contribution in [0, 0.1) is 0 Å². The van der Waals surface area contributed by atoms with Gasteiger partial charge in [-0.05, 0) is 6.92 Å². The van der Waals surface area contributed by atoms with E-state index in [1.807, 2.05) is 13.8 Å². The molecule has 0 heterocycles. The van der Waals surface area contributed by atoms with Gasteiger partial charge in [-0.2, -0.15) is 0 Å². The van der Waals surface area contributed by atoms with Gasteiger partial charge in [0.1, 0.15) is 0 Å². The number of carbonyl (C=O) groups is 1. The summed E-state index contributed by atoms with van der Waals surface area (Å²) in [5.41, 5.74) is 0. The molecule has 0 aliphatic heterocycles. The molecule has 3 heteroatoms. The lowest BCUT2D eigenvalue weighted by atomic mass is 10.3. The van der Waals surface area contributed by atoms with Crippen LogP contribution in [0.4, 0.5) is 0 Å². The maximum absolute atomic E-state index is 9.65. The Hall–Kier alpha value is -0.570. The van der Waals surface area contributed by atoms with Crippen molar-refractivity contribution in [2.45, 2.75) is 33.3 Å². The SMILES string of the molecule is CC.CC(O)CC(=O)O. The average Bonchev–Trinajstić information content (AvgIpc) is 1.68. The Morgan fingerprint density at radius 1 is 1.56 bits per heavy atom. The predicted molar refractivity (Wildman–Crippen MR) is 35.3 cm³/mol. The molecule has 0 aromatic heterocycles. The summed E-state index contributed by atoms with van der Waals surface area (Å²) in [6.07, 6.45) is -0.891. The van der Waals surface area contributed by atoms with E-state index in [2.05, 4.69) is 0 Å². The molecule has 0 aliphatic rings. The van der Waals surface area contributed by atoms with Gasteiger partial charge in [-0.15, -0.1) is 0 Å². The fraction of sp³-hybridized carbons (Fsp3) is 0.833. The van der Waals surface area contributed by atoms with Crippen LogP contribution in [0.25, 0.3) is 0 Å². The third kappa shape index (κ3) is 18.6. The first-order chi connectivity index (χ1) is 4.13. The zero-order valence-corrected chi connectivity index (χ0v) is 6.09. The molecule has 0 aromatic rings. The number of carboxylic acid groups (broad SMARTS) is 1. The van der Waals surface area contributed by atoms with Crippen molar-refractivity contribution in [2.24, 2.45) is 0 Å². The van der Waals surface area contributed by atoms with Crippen molar-refractivity contribution in [1.29, 1.82) is 0 Å². The first kappa shape index (κ1) is 11.3. The van der Waals surface area contributed by atoms with E-state index in [-0.39, 0.29) is 6.42 Å². The molecule has 0 spiro atoms. The van der Waals surface area contributed by atoms with Gasteiger partial charge in [0, 0.05) is 0 Å². The standard InChI is InChI=1S/C4H8O3.C2H6/c1-3(5)2-4(6)7;1-2/h3,5H,2H2,1H3,(H,6,7);1-2H3. The van der Waals surface area contributed by atoms with E-state index in [0.717, 1.165) is 0 Å². The third-order valence-electron chi connectivity index (χ3n) is 0.470. The fourth-order valence-corrected chi connectivity index (χ4v) is 0.253. The molecule has 0 fully saturated rings. The van der Waals surface area contributed by atoms with Crippen LogP contribution in [0.15, 0.2) is 0 Å². The summed E-state index contributed by atoms with van der Waals surface area (Å²) in [6, 6.07) is 0. The van der Waals surface area contributed by atoms with Crippen molar-refractivity contribution >= 4 is 5.97 Å². The normalized spacial score (nSPS) is 11.1. The van der Waals surface area contributed by atoms with Crippen LogP contribution >= 0.6 is 0 Å². The first-order valence-corrected chi connectivity index (χ1v) is 3.03. The average molecular weight is 134 g/mol. The van der Waals surface area contributed by atoms with Gasteiger partial charge in [0.15, 0.2) is 0 Å². The number of rotatable bonds is 2. The van der Waals surface area contributed by atoms with Crippen LogP contribution in [0.3, 0.4) is 0 Å². The Morgan fingerprint density at radius 3 is 1.89 bits per heavy atom. The lowest BCUT2D eigenvalue weighted by Crippen LogP contribution is -2.07. The van der Waals surface area contributed by atoms with Crippen LogP contribution in [-0.2, 0) is 4.79 Å². The molecule has 0 rings (SSSR count). The molecule has 0 radical (unpaired) electrons. The van der Waals surface area contributed by atoms with Crippen molar-refractivity contribution in [1.82, 2.24) is 0 Å². The maximum atomic E-state index is 9.65. The molecule has 0 aromatic carbocycles. The van der Waals surface area contributed by atoms with Crippen molar-refractivity contribution in [3.63, 3.8) is 0 Å². The highest BCUT2D eigenvalue weighted by Crippen LogP contribution is 1.85. The van der Waals surface area contributed by atoms with Crippen LogP contribution in [0.2, 0.25) is 0 Å². The zero-order chi connectivity index (χ0) is 7.86. The lowest BCUT2D eigenvalue weighted by Gasteiger charge is -1.94. The van der Waals surface area contributed by atoms with Gasteiger partial charge in [0.05, 0.1) is 12.5 Å². The number of carboxylic acids is 1. The minimum atomic E-state index is -0.963. The van der Waals surface area contributed by atoms with E-state index in [1.54, 1.807) is 0 Å². The molecule has 0 bridgehead atoms. The minimum Gasteiger partial charge on any atom is -0.481 e. The summed E-state index contributed by atoms with van der Waals surface area (Å²) in [5, 5.41) is 16.3. The molecule has 56 valence electrons. The fourth-order valence-electron chi connectivity index (χ4n) is 0.253. The molecular formula is C6H14O3. The molecule has 0 saturated carbocycles. The summed E-state index contributed by atoms with van der Waals surface area (Å²) in [4.78, 5) is 9.65. The monoisotopic (exact) mass is 134 g/mol. The highest BCUT2D eigenvalue weighted by atomic mass is 16.4. The molecule has 1 atom stereocenters. The van der Waals surface area contributed by atoms with Gasteiger partial charge in [-0.3, -0.25) is 4.79 Å².